The molecule has 12 heteroatoms. The molecule has 3 aromatic carbocycles. The van der Waals surface area contributed by atoms with Gasteiger partial charge in [-0.15, -0.1) is 5.10 Å². The van der Waals surface area contributed by atoms with Crippen LogP contribution < -0.4 is 10.6 Å². The fourth-order valence-electron chi connectivity index (χ4n) is 3.79. The van der Waals surface area contributed by atoms with Crippen molar-refractivity contribution in [3.8, 4) is 5.69 Å². The molecular formula is C28H25F4N5O3. The van der Waals surface area contributed by atoms with Gasteiger partial charge >= 0.3 is 6.18 Å². The molecule has 0 saturated heterocycles. The van der Waals surface area contributed by atoms with E-state index in [1.54, 1.807) is 12.1 Å². The van der Waals surface area contributed by atoms with E-state index >= 15 is 0 Å². The lowest BCUT2D eigenvalue weighted by atomic mass is 10.1. The number of carbonyl (C=O) groups excluding carboxylic acids is 2. The van der Waals surface area contributed by atoms with E-state index in [0.717, 1.165) is 11.1 Å². The third-order valence-electron chi connectivity index (χ3n) is 5.74. The Kier molecular flexibility index (Phi) is 9.23. The van der Waals surface area contributed by atoms with Crippen molar-refractivity contribution < 1.29 is 31.9 Å². The number of alkyl halides is 3. The number of hydrogen-bond acceptors (Lipinski definition) is 5. The Balaban J connectivity index is 1.50. The maximum absolute atomic E-state index is 13.4. The molecule has 1 aromatic heterocycles. The fraction of sp³-hybridized carbons (Fsp3) is 0.214. The fourth-order valence-corrected chi connectivity index (χ4v) is 3.79. The highest BCUT2D eigenvalue weighted by Gasteiger charge is 2.28. The number of rotatable bonds is 11. The van der Waals surface area contributed by atoms with Gasteiger partial charge < -0.3 is 15.4 Å². The van der Waals surface area contributed by atoms with Gasteiger partial charge in [-0.05, 0) is 53.9 Å². The zero-order chi connectivity index (χ0) is 28.5. The summed E-state index contributed by atoms with van der Waals surface area (Å²) in [5, 5.41) is 12.7. The molecular weight excluding hydrogens is 530 g/mol. The summed E-state index contributed by atoms with van der Waals surface area (Å²) in [5.74, 6) is -1.76. The van der Waals surface area contributed by atoms with Crippen LogP contribution in [0, 0.1) is 5.82 Å². The summed E-state index contributed by atoms with van der Waals surface area (Å²) >= 11 is 0. The average Bonchev–Trinajstić information content (AvgIpc) is 3.36. The van der Waals surface area contributed by atoms with E-state index in [4.69, 9.17) is 4.74 Å². The second-order valence-corrected chi connectivity index (χ2v) is 8.76. The highest BCUT2D eigenvalue weighted by molar-refractivity contribution is 5.94. The van der Waals surface area contributed by atoms with E-state index in [2.05, 4.69) is 15.6 Å². The Labute approximate surface area is 227 Å². The molecule has 0 saturated carbocycles. The topological polar surface area (TPSA) is 98.1 Å². The van der Waals surface area contributed by atoms with E-state index in [1.807, 2.05) is 35.6 Å². The lowest BCUT2D eigenvalue weighted by Gasteiger charge is -2.11. The zero-order valence-corrected chi connectivity index (χ0v) is 21.1. The number of carbonyl (C=O) groups is 2. The van der Waals surface area contributed by atoms with Gasteiger partial charge in [0.05, 0.1) is 18.9 Å². The molecule has 0 spiro atoms. The normalized spacial score (nSPS) is 11.3. The van der Waals surface area contributed by atoms with Gasteiger partial charge in [0.1, 0.15) is 18.1 Å². The van der Waals surface area contributed by atoms with Gasteiger partial charge in [-0.2, -0.15) is 13.2 Å². The maximum atomic E-state index is 13.4. The first-order valence-electron chi connectivity index (χ1n) is 12.2. The summed E-state index contributed by atoms with van der Waals surface area (Å²) in [4.78, 5) is 25.1. The van der Waals surface area contributed by atoms with Crippen molar-refractivity contribution in [2.75, 3.05) is 13.1 Å². The van der Waals surface area contributed by atoms with E-state index in [-0.39, 0.29) is 36.8 Å². The summed E-state index contributed by atoms with van der Waals surface area (Å²) in [5.41, 5.74) is 2.40. The van der Waals surface area contributed by atoms with Crippen molar-refractivity contribution in [3.05, 3.63) is 113 Å². The molecule has 4 rings (SSSR count). The molecule has 0 fully saturated rings. The highest BCUT2D eigenvalue weighted by atomic mass is 19.4. The SMILES string of the molecule is O=C(NCC(F)(F)F)c1ccc(-n2nnc(C(=O)NCCc3cccc(F)c3)c2COCc2ccccc2)cc1. The van der Waals surface area contributed by atoms with Crippen LogP contribution in [0.5, 0.6) is 0 Å². The number of nitrogens with one attached hydrogen (secondary N) is 2. The van der Waals surface area contributed by atoms with Gasteiger partial charge in [0.15, 0.2) is 5.69 Å². The molecule has 0 atom stereocenters. The summed E-state index contributed by atoms with van der Waals surface area (Å²) in [6.45, 7) is -1.01. The van der Waals surface area contributed by atoms with Gasteiger partial charge in [-0.3, -0.25) is 9.59 Å². The minimum atomic E-state index is -4.53. The van der Waals surface area contributed by atoms with Crippen LogP contribution >= 0.6 is 0 Å². The van der Waals surface area contributed by atoms with Gasteiger partial charge in [-0.25, -0.2) is 9.07 Å². The van der Waals surface area contributed by atoms with Gasteiger partial charge in [0.25, 0.3) is 11.8 Å². The first kappa shape index (κ1) is 28.4. The Bertz CT molecular complexity index is 1440. The quantitative estimate of drug-likeness (QED) is 0.268. The van der Waals surface area contributed by atoms with Crippen molar-refractivity contribution >= 4 is 11.8 Å². The minimum absolute atomic E-state index is 0.0132. The number of hydrogen-bond donors (Lipinski definition) is 2. The lowest BCUT2D eigenvalue weighted by Crippen LogP contribution is -2.33. The Morgan fingerprint density at radius 1 is 0.850 bits per heavy atom. The zero-order valence-electron chi connectivity index (χ0n) is 21.1. The predicted molar refractivity (Wildman–Crippen MR) is 137 cm³/mol. The van der Waals surface area contributed by atoms with Crippen molar-refractivity contribution in [2.45, 2.75) is 25.8 Å². The third kappa shape index (κ3) is 7.96. The molecule has 0 bridgehead atoms. The van der Waals surface area contributed by atoms with E-state index < -0.39 is 24.5 Å². The van der Waals surface area contributed by atoms with Crippen molar-refractivity contribution in [3.63, 3.8) is 0 Å². The van der Waals surface area contributed by atoms with Crippen LogP contribution in [0.4, 0.5) is 17.6 Å². The number of nitrogens with zero attached hydrogens (tertiary/aromatic N) is 3. The van der Waals surface area contributed by atoms with E-state index in [0.29, 0.717) is 17.8 Å². The van der Waals surface area contributed by atoms with E-state index in [9.17, 15) is 27.2 Å². The molecule has 8 nitrogen and oxygen atoms in total. The van der Waals surface area contributed by atoms with Gasteiger partial charge in [0.2, 0.25) is 0 Å². The molecule has 4 aromatic rings. The Morgan fingerprint density at radius 3 is 2.27 bits per heavy atom. The first-order valence-corrected chi connectivity index (χ1v) is 12.2. The summed E-state index contributed by atoms with van der Waals surface area (Å²) < 4.78 is 57.9. The largest absolute Gasteiger partial charge is 0.405 e. The molecule has 1 heterocycles. The van der Waals surface area contributed by atoms with Crippen LogP contribution in [0.3, 0.4) is 0 Å². The van der Waals surface area contributed by atoms with Crippen LogP contribution in [-0.4, -0.2) is 46.1 Å². The highest BCUT2D eigenvalue weighted by Crippen LogP contribution is 2.17. The average molecular weight is 556 g/mol. The monoisotopic (exact) mass is 555 g/mol. The Hall–Kier alpha value is -4.58. The smallest absolute Gasteiger partial charge is 0.370 e. The molecule has 0 aliphatic rings. The second kappa shape index (κ2) is 13.0. The van der Waals surface area contributed by atoms with Crippen molar-refractivity contribution in [2.24, 2.45) is 0 Å². The van der Waals surface area contributed by atoms with Gasteiger partial charge in [0, 0.05) is 12.1 Å². The molecule has 40 heavy (non-hydrogen) atoms. The van der Waals surface area contributed by atoms with E-state index in [1.165, 1.54) is 41.1 Å². The van der Waals surface area contributed by atoms with Gasteiger partial charge in [-0.1, -0.05) is 47.7 Å². The van der Waals surface area contributed by atoms with Crippen LogP contribution in [0.15, 0.2) is 78.9 Å². The molecule has 0 radical (unpaired) electrons. The Morgan fingerprint density at radius 2 is 1.57 bits per heavy atom. The molecule has 0 unspecified atom stereocenters. The summed E-state index contributed by atoms with van der Waals surface area (Å²) in [7, 11) is 0. The number of halogens is 4. The van der Waals surface area contributed by atoms with Crippen molar-refractivity contribution in [1.82, 2.24) is 25.6 Å². The first-order chi connectivity index (χ1) is 19.2. The molecule has 2 N–H and O–H groups in total. The van der Waals surface area contributed by atoms with Crippen LogP contribution in [-0.2, 0) is 24.4 Å². The third-order valence-corrected chi connectivity index (χ3v) is 5.74. The second-order valence-electron chi connectivity index (χ2n) is 8.76. The summed E-state index contributed by atoms with van der Waals surface area (Å²) in [6, 6.07) is 21.1. The number of amides is 2. The molecule has 0 aliphatic heterocycles. The van der Waals surface area contributed by atoms with Crippen molar-refractivity contribution in [1.29, 1.82) is 0 Å². The standard InChI is InChI=1S/C28H25F4N5O3/c29-22-8-4-7-19(15-22)13-14-33-27(39)25-24(17-40-16-20-5-2-1-3-6-20)37(36-35-25)23-11-9-21(10-12-23)26(38)34-18-28(30,31)32/h1-12,15H,13-14,16-18H2,(H,33,39)(H,34,38). The van der Waals surface area contributed by atoms with Crippen LogP contribution in [0.2, 0.25) is 0 Å². The van der Waals surface area contributed by atoms with Crippen LogP contribution in [0.1, 0.15) is 37.7 Å². The number of aromatic nitrogens is 3. The minimum Gasteiger partial charge on any atom is -0.370 e. The lowest BCUT2D eigenvalue weighted by molar-refractivity contribution is -0.123. The summed E-state index contributed by atoms with van der Waals surface area (Å²) in [6.07, 6.45) is -4.13. The van der Waals surface area contributed by atoms with Crippen LogP contribution in [0.25, 0.3) is 5.69 Å². The molecule has 208 valence electrons. The molecule has 2 amide bonds. The molecule has 0 aliphatic carbocycles. The number of ether oxygens (including phenoxy) is 1. The number of benzene rings is 3. The maximum Gasteiger partial charge on any atom is 0.405 e. The predicted octanol–water partition coefficient (Wildman–Crippen LogP) is 4.39.